The molecule has 0 rings (SSSR count). The normalized spacial score (nSPS) is 11.9. The Kier molecular flexibility index (Phi) is 7.27. The van der Waals surface area contributed by atoms with Crippen molar-refractivity contribution in [3.63, 3.8) is 0 Å². The van der Waals surface area contributed by atoms with Crippen molar-refractivity contribution in [1.29, 1.82) is 0 Å². The molecule has 6 nitrogen and oxygen atoms in total. The maximum atomic E-state index is 11.7. The van der Waals surface area contributed by atoms with Gasteiger partial charge in [-0.3, -0.25) is 4.79 Å². The molecule has 0 aromatic rings. The van der Waals surface area contributed by atoms with Crippen LogP contribution in [-0.2, 0) is 14.8 Å². The molecule has 0 aliphatic heterocycles. The average molecular weight is 253 g/mol. The first kappa shape index (κ1) is 15.3. The molecule has 16 heavy (non-hydrogen) atoms. The zero-order chi connectivity index (χ0) is 12.6. The third kappa shape index (κ3) is 6.04. The number of hydrogen-bond donors (Lipinski definition) is 2. The lowest BCUT2D eigenvalue weighted by Crippen LogP contribution is -2.34. The molecule has 0 spiro atoms. The van der Waals surface area contributed by atoms with E-state index in [-0.39, 0.29) is 31.7 Å². The first-order valence-corrected chi connectivity index (χ1v) is 6.85. The summed E-state index contributed by atoms with van der Waals surface area (Å²) in [4.78, 5) is 10.3. The molecule has 0 bridgehead atoms. The van der Waals surface area contributed by atoms with E-state index >= 15 is 0 Å². The van der Waals surface area contributed by atoms with Crippen molar-refractivity contribution in [3.8, 4) is 0 Å². The SMILES string of the molecule is CCN(CCCO)S(=O)(=O)CCCC(=O)O. The molecule has 2 N–H and O–H groups in total. The zero-order valence-electron chi connectivity index (χ0n) is 9.42. The summed E-state index contributed by atoms with van der Waals surface area (Å²) in [6.45, 7) is 2.28. The lowest BCUT2D eigenvalue weighted by Gasteiger charge is -2.19. The summed E-state index contributed by atoms with van der Waals surface area (Å²) in [6.07, 6.45) is 0.371. The Bertz CT molecular complexity index is 301. The van der Waals surface area contributed by atoms with E-state index < -0.39 is 16.0 Å². The molecule has 0 unspecified atom stereocenters. The molecular weight excluding hydrogens is 234 g/mol. The zero-order valence-corrected chi connectivity index (χ0v) is 10.2. The Labute approximate surface area is 95.9 Å². The Balaban J connectivity index is 4.20. The van der Waals surface area contributed by atoms with Gasteiger partial charge >= 0.3 is 5.97 Å². The number of nitrogens with zero attached hydrogens (tertiary/aromatic N) is 1. The number of carboxylic acids is 1. The second kappa shape index (κ2) is 7.59. The number of carbonyl (C=O) groups is 1. The van der Waals surface area contributed by atoms with Gasteiger partial charge in [-0.2, -0.15) is 0 Å². The summed E-state index contributed by atoms with van der Waals surface area (Å²) in [5.74, 6) is -1.15. The van der Waals surface area contributed by atoms with E-state index in [1.54, 1.807) is 6.92 Å². The standard InChI is InChI=1S/C9H19NO5S/c1-2-10(6-4-7-11)16(14,15)8-3-5-9(12)13/h11H,2-8H2,1H3,(H,12,13). The molecule has 0 atom stereocenters. The number of aliphatic carboxylic acids is 1. The predicted molar refractivity (Wildman–Crippen MR) is 59.6 cm³/mol. The van der Waals surface area contributed by atoms with Crippen LogP contribution in [0.2, 0.25) is 0 Å². The first-order chi connectivity index (χ1) is 7.44. The van der Waals surface area contributed by atoms with Gasteiger partial charge in [0.05, 0.1) is 5.75 Å². The van der Waals surface area contributed by atoms with Gasteiger partial charge in [-0.15, -0.1) is 0 Å². The van der Waals surface area contributed by atoms with E-state index in [1.807, 2.05) is 0 Å². The van der Waals surface area contributed by atoms with Crippen LogP contribution in [-0.4, -0.2) is 54.4 Å². The highest BCUT2D eigenvalue weighted by molar-refractivity contribution is 7.89. The van der Waals surface area contributed by atoms with E-state index in [4.69, 9.17) is 10.2 Å². The molecule has 0 aliphatic rings. The predicted octanol–water partition coefficient (Wildman–Crippen LogP) is -0.115. The smallest absolute Gasteiger partial charge is 0.303 e. The van der Waals surface area contributed by atoms with Crippen molar-refractivity contribution in [2.45, 2.75) is 26.2 Å². The summed E-state index contributed by atoms with van der Waals surface area (Å²) in [5, 5.41) is 17.0. The summed E-state index contributed by atoms with van der Waals surface area (Å²) >= 11 is 0. The molecule has 0 radical (unpaired) electrons. The molecule has 0 amide bonds. The highest BCUT2D eigenvalue weighted by atomic mass is 32.2. The molecule has 0 saturated heterocycles. The Hall–Kier alpha value is -0.660. The Morgan fingerprint density at radius 3 is 2.38 bits per heavy atom. The number of rotatable bonds is 9. The van der Waals surface area contributed by atoms with Gasteiger partial charge in [-0.25, -0.2) is 12.7 Å². The van der Waals surface area contributed by atoms with Crippen molar-refractivity contribution in [1.82, 2.24) is 4.31 Å². The van der Waals surface area contributed by atoms with Crippen LogP contribution in [0, 0.1) is 0 Å². The van der Waals surface area contributed by atoms with Crippen molar-refractivity contribution >= 4 is 16.0 Å². The molecule has 0 saturated carbocycles. The molecule has 0 aromatic carbocycles. The minimum Gasteiger partial charge on any atom is -0.481 e. The van der Waals surface area contributed by atoms with Crippen LogP contribution < -0.4 is 0 Å². The van der Waals surface area contributed by atoms with Crippen LogP contribution in [0.25, 0.3) is 0 Å². The maximum Gasteiger partial charge on any atom is 0.303 e. The molecule has 0 heterocycles. The van der Waals surface area contributed by atoms with Crippen LogP contribution in [0.15, 0.2) is 0 Å². The molecule has 0 fully saturated rings. The van der Waals surface area contributed by atoms with Crippen LogP contribution in [0.1, 0.15) is 26.2 Å². The van der Waals surface area contributed by atoms with Gasteiger partial charge in [-0.1, -0.05) is 6.92 Å². The monoisotopic (exact) mass is 253 g/mol. The van der Waals surface area contributed by atoms with Gasteiger partial charge in [0.25, 0.3) is 0 Å². The molecule has 0 aliphatic carbocycles. The van der Waals surface area contributed by atoms with Crippen molar-refractivity contribution in [2.24, 2.45) is 0 Å². The first-order valence-electron chi connectivity index (χ1n) is 5.24. The molecular formula is C9H19NO5S. The second-order valence-corrected chi connectivity index (χ2v) is 5.47. The van der Waals surface area contributed by atoms with Crippen LogP contribution in [0.3, 0.4) is 0 Å². The van der Waals surface area contributed by atoms with Gasteiger partial charge in [0.15, 0.2) is 0 Å². The van der Waals surface area contributed by atoms with E-state index in [1.165, 1.54) is 4.31 Å². The van der Waals surface area contributed by atoms with E-state index in [0.717, 1.165) is 0 Å². The average Bonchev–Trinajstić information content (AvgIpc) is 2.17. The fraction of sp³-hybridized carbons (Fsp3) is 0.889. The van der Waals surface area contributed by atoms with Gasteiger partial charge in [0.2, 0.25) is 10.0 Å². The topological polar surface area (TPSA) is 94.9 Å². The summed E-state index contributed by atoms with van der Waals surface area (Å²) in [6, 6.07) is 0. The Morgan fingerprint density at radius 2 is 1.94 bits per heavy atom. The fourth-order valence-electron chi connectivity index (χ4n) is 1.28. The number of carboxylic acid groups (broad SMARTS) is 1. The quantitative estimate of drug-likeness (QED) is 0.597. The lowest BCUT2D eigenvalue weighted by molar-refractivity contribution is -0.137. The van der Waals surface area contributed by atoms with Crippen molar-refractivity contribution in [2.75, 3.05) is 25.4 Å². The highest BCUT2D eigenvalue weighted by Crippen LogP contribution is 2.05. The number of aliphatic hydroxyl groups excluding tert-OH is 1. The lowest BCUT2D eigenvalue weighted by atomic mass is 10.3. The van der Waals surface area contributed by atoms with Gasteiger partial charge < -0.3 is 10.2 Å². The van der Waals surface area contributed by atoms with Crippen molar-refractivity contribution < 1.29 is 23.4 Å². The third-order valence-electron chi connectivity index (χ3n) is 2.10. The fourth-order valence-corrected chi connectivity index (χ4v) is 2.84. The number of aliphatic hydroxyl groups is 1. The summed E-state index contributed by atoms with van der Waals surface area (Å²) < 4.78 is 24.7. The minimum atomic E-state index is -3.38. The van der Waals surface area contributed by atoms with Crippen LogP contribution >= 0.6 is 0 Å². The van der Waals surface area contributed by atoms with Gasteiger partial charge in [0, 0.05) is 26.1 Å². The van der Waals surface area contributed by atoms with Gasteiger partial charge in [-0.05, 0) is 12.8 Å². The summed E-state index contributed by atoms with van der Waals surface area (Å²) in [7, 11) is -3.38. The summed E-state index contributed by atoms with van der Waals surface area (Å²) in [5.41, 5.74) is 0. The minimum absolute atomic E-state index is 0.0544. The molecule has 0 aromatic heterocycles. The van der Waals surface area contributed by atoms with Crippen LogP contribution in [0.4, 0.5) is 0 Å². The molecule has 96 valence electrons. The van der Waals surface area contributed by atoms with E-state index in [2.05, 4.69) is 0 Å². The maximum absolute atomic E-state index is 11.7. The highest BCUT2D eigenvalue weighted by Gasteiger charge is 2.19. The third-order valence-corrected chi connectivity index (χ3v) is 4.14. The Morgan fingerprint density at radius 1 is 1.31 bits per heavy atom. The number of sulfonamides is 1. The second-order valence-electron chi connectivity index (χ2n) is 3.38. The number of hydrogen-bond acceptors (Lipinski definition) is 4. The van der Waals surface area contributed by atoms with E-state index in [0.29, 0.717) is 13.0 Å². The van der Waals surface area contributed by atoms with Crippen LogP contribution in [0.5, 0.6) is 0 Å². The van der Waals surface area contributed by atoms with E-state index in [9.17, 15) is 13.2 Å². The molecule has 7 heteroatoms. The van der Waals surface area contributed by atoms with Gasteiger partial charge in [0.1, 0.15) is 0 Å². The largest absolute Gasteiger partial charge is 0.481 e. The van der Waals surface area contributed by atoms with Crippen molar-refractivity contribution in [3.05, 3.63) is 0 Å².